The van der Waals surface area contributed by atoms with Gasteiger partial charge in [-0.05, 0) is 5.41 Å². The number of aromatic nitrogens is 2. The summed E-state index contributed by atoms with van der Waals surface area (Å²) >= 11 is 0. The van der Waals surface area contributed by atoms with Crippen LogP contribution >= 0.6 is 0 Å². The van der Waals surface area contributed by atoms with E-state index in [0.717, 1.165) is 13.3 Å². The summed E-state index contributed by atoms with van der Waals surface area (Å²) < 4.78 is 4.44. The van der Waals surface area contributed by atoms with Gasteiger partial charge in [0.05, 0.1) is 12.7 Å². The summed E-state index contributed by atoms with van der Waals surface area (Å²) in [5, 5.41) is 10.0. The van der Waals surface area contributed by atoms with Gasteiger partial charge in [-0.15, -0.1) is 0 Å². The highest BCUT2D eigenvalue weighted by atomic mass is 16.5. The van der Waals surface area contributed by atoms with Crippen molar-refractivity contribution < 1.29 is 19.4 Å². The molecule has 0 atom stereocenters. The minimum Gasteiger partial charge on any atom is -0.511 e. The van der Waals surface area contributed by atoms with E-state index in [1.165, 1.54) is 0 Å². The van der Waals surface area contributed by atoms with Gasteiger partial charge in [-0.2, -0.15) is 0 Å². The number of aliphatic hydroxyl groups is 1. The minimum absolute atomic E-state index is 0.00263. The average Bonchev–Trinajstić information content (AvgIpc) is 2.35. The van der Waals surface area contributed by atoms with Gasteiger partial charge in [0.25, 0.3) is 5.56 Å². The van der Waals surface area contributed by atoms with Crippen molar-refractivity contribution in [3.8, 4) is 0 Å². The third-order valence-corrected chi connectivity index (χ3v) is 3.29. The van der Waals surface area contributed by atoms with Crippen LogP contribution in [0, 0.1) is 5.41 Å². The van der Waals surface area contributed by atoms with Gasteiger partial charge in [0.15, 0.2) is 5.78 Å². The van der Waals surface area contributed by atoms with Gasteiger partial charge in [0.1, 0.15) is 17.1 Å². The van der Waals surface area contributed by atoms with Crippen LogP contribution in [-0.2, 0) is 9.53 Å². The molecule has 21 heavy (non-hydrogen) atoms. The zero-order valence-electron chi connectivity index (χ0n) is 12.0. The number of methoxy groups -OCH3 is 1. The summed E-state index contributed by atoms with van der Waals surface area (Å²) in [5.41, 5.74) is -1.31. The van der Waals surface area contributed by atoms with Gasteiger partial charge in [0.2, 0.25) is 0 Å². The maximum absolute atomic E-state index is 12.1. The second-order valence-corrected chi connectivity index (χ2v) is 5.73. The van der Waals surface area contributed by atoms with Crippen LogP contribution in [0.2, 0.25) is 0 Å². The van der Waals surface area contributed by atoms with E-state index in [1.54, 1.807) is 0 Å². The molecule has 0 spiro atoms. The van der Waals surface area contributed by atoms with Crippen molar-refractivity contribution in [2.45, 2.75) is 26.7 Å². The zero-order valence-corrected chi connectivity index (χ0v) is 12.0. The van der Waals surface area contributed by atoms with Crippen LogP contribution in [0.3, 0.4) is 0 Å². The zero-order chi connectivity index (χ0) is 15.8. The first-order valence-electron chi connectivity index (χ1n) is 6.38. The Morgan fingerprint density at radius 1 is 1.38 bits per heavy atom. The van der Waals surface area contributed by atoms with Crippen LogP contribution in [0.1, 0.15) is 42.9 Å². The highest BCUT2D eigenvalue weighted by Gasteiger charge is 2.34. The van der Waals surface area contributed by atoms with Gasteiger partial charge in [-0.1, -0.05) is 13.8 Å². The lowest BCUT2D eigenvalue weighted by atomic mass is 9.76. The van der Waals surface area contributed by atoms with E-state index in [0.29, 0.717) is 6.42 Å². The number of aromatic amines is 1. The lowest BCUT2D eigenvalue weighted by Crippen LogP contribution is -2.28. The molecular weight excluding hydrogens is 276 g/mol. The monoisotopic (exact) mass is 292 g/mol. The Kier molecular flexibility index (Phi) is 3.67. The maximum Gasteiger partial charge on any atom is 0.345 e. The normalized spacial score (nSPS) is 17.8. The number of ether oxygens (including phenoxy) is 1. The smallest absolute Gasteiger partial charge is 0.345 e. The number of hydrogen-bond donors (Lipinski definition) is 2. The molecule has 0 aliphatic heterocycles. The first kappa shape index (κ1) is 15.0. The molecule has 7 nitrogen and oxygen atoms in total. The highest BCUT2D eigenvalue weighted by molar-refractivity contribution is 6.21. The van der Waals surface area contributed by atoms with Crippen LogP contribution in [0.15, 0.2) is 16.8 Å². The van der Waals surface area contributed by atoms with Crippen LogP contribution in [0.25, 0.3) is 5.57 Å². The van der Waals surface area contributed by atoms with Crippen molar-refractivity contribution in [3.05, 3.63) is 33.7 Å². The second-order valence-electron chi connectivity index (χ2n) is 5.73. The number of carbonyl (C=O) groups excluding carboxylic acids is 2. The van der Waals surface area contributed by atoms with Crippen molar-refractivity contribution in [1.29, 1.82) is 0 Å². The molecule has 0 saturated heterocycles. The second kappa shape index (κ2) is 5.16. The Morgan fingerprint density at radius 3 is 2.57 bits per heavy atom. The number of nitrogens with zero attached hydrogens (tertiary/aromatic N) is 1. The lowest BCUT2D eigenvalue weighted by molar-refractivity contribution is -0.116. The summed E-state index contributed by atoms with van der Waals surface area (Å²) in [4.78, 5) is 41.5. The standard InChI is InChI=1S/C14H16N2O5/c1-14(2)4-8(17)10(9(18)5-14)11-15-6-7(12(19)16-11)13(20)21-3/h6,17H,4-5H2,1-3H3,(H,15,16,19). The van der Waals surface area contributed by atoms with E-state index < -0.39 is 11.5 Å². The number of hydrogen-bond acceptors (Lipinski definition) is 6. The summed E-state index contributed by atoms with van der Waals surface area (Å²) in [6.07, 6.45) is 1.60. The van der Waals surface area contributed by atoms with Crippen molar-refractivity contribution in [3.63, 3.8) is 0 Å². The molecule has 1 aromatic rings. The summed E-state index contributed by atoms with van der Waals surface area (Å²) in [5.74, 6) is -1.25. The highest BCUT2D eigenvalue weighted by Crippen LogP contribution is 2.38. The molecule has 1 aliphatic rings. The molecule has 0 aromatic carbocycles. The van der Waals surface area contributed by atoms with E-state index in [4.69, 9.17) is 0 Å². The van der Waals surface area contributed by atoms with E-state index in [9.17, 15) is 19.5 Å². The first-order chi connectivity index (χ1) is 9.75. The van der Waals surface area contributed by atoms with Crippen LogP contribution in [0.5, 0.6) is 0 Å². The van der Waals surface area contributed by atoms with Gasteiger partial charge in [0, 0.05) is 19.0 Å². The maximum atomic E-state index is 12.1. The fourth-order valence-electron chi connectivity index (χ4n) is 2.33. The van der Waals surface area contributed by atoms with Gasteiger partial charge in [-0.3, -0.25) is 9.59 Å². The number of rotatable bonds is 2. The molecule has 0 amide bonds. The number of allylic oxidation sites excluding steroid dienone is 2. The third-order valence-electron chi connectivity index (χ3n) is 3.29. The predicted molar refractivity (Wildman–Crippen MR) is 73.8 cm³/mol. The minimum atomic E-state index is -0.815. The Labute approximate surface area is 120 Å². The van der Waals surface area contributed by atoms with Crippen molar-refractivity contribution in [2.24, 2.45) is 5.41 Å². The van der Waals surface area contributed by atoms with E-state index in [-0.39, 0.29) is 40.3 Å². The van der Waals surface area contributed by atoms with Gasteiger partial charge >= 0.3 is 5.97 Å². The van der Waals surface area contributed by atoms with Crippen LogP contribution in [-0.4, -0.2) is 33.9 Å². The molecule has 0 fully saturated rings. The number of nitrogens with one attached hydrogen (secondary N) is 1. The Morgan fingerprint density at radius 2 is 2.05 bits per heavy atom. The SMILES string of the molecule is COC(=O)c1cnc(C2=C(O)CC(C)(C)CC2=O)[nH]c1=O. The molecule has 0 bridgehead atoms. The molecule has 0 radical (unpaired) electrons. The molecular formula is C14H16N2O5. The molecule has 1 aliphatic carbocycles. The summed E-state index contributed by atoms with van der Waals surface area (Å²) in [7, 11) is 1.15. The predicted octanol–water partition coefficient (Wildman–Crippen LogP) is 1.21. The number of ketones is 1. The van der Waals surface area contributed by atoms with Crippen molar-refractivity contribution in [2.75, 3.05) is 7.11 Å². The molecule has 1 heterocycles. The van der Waals surface area contributed by atoms with Gasteiger partial charge < -0.3 is 14.8 Å². The fourth-order valence-corrected chi connectivity index (χ4v) is 2.33. The quantitative estimate of drug-likeness (QED) is 0.793. The summed E-state index contributed by atoms with van der Waals surface area (Å²) in [6.45, 7) is 3.74. The van der Waals surface area contributed by atoms with Gasteiger partial charge in [-0.25, -0.2) is 9.78 Å². The van der Waals surface area contributed by atoms with Crippen molar-refractivity contribution in [1.82, 2.24) is 9.97 Å². The molecule has 2 N–H and O–H groups in total. The van der Waals surface area contributed by atoms with E-state index in [1.807, 2.05) is 13.8 Å². The number of carbonyl (C=O) groups is 2. The van der Waals surface area contributed by atoms with E-state index >= 15 is 0 Å². The molecule has 0 unspecified atom stereocenters. The Balaban J connectivity index is 2.48. The molecule has 2 rings (SSSR count). The van der Waals surface area contributed by atoms with E-state index in [2.05, 4.69) is 14.7 Å². The average molecular weight is 292 g/mol. The number of H-pyrrole nitrogens is 1. The fraction of sp³-hybridized carbons (Fsp3) is 0.429. The van der Waals surface area contributed by atoms with Crippen LogP contribution < -0.4 is 5.56 Å². The van der Waals surface area contributed by atoms with Crippen molar-refractivity contribution >= 4 is 17.3 Å². The molecule has 7 heteroatoms. The lowest BCUT2D eigenvalue weighted by Gasteiger charge is -2.29. The molecule has 0 saturated carbocycles. The number of Topliss-reactive ketones (excluding diaryl/α,β-unsaturated/α-hetero) is 1. The summed E-state index contributed by atoms with van der Waals surface area (Å²) in [6, 6.07) is 0. The largest absolute Gasteiger partial charge is 0.511 e. The van der Waals surface area contributed by atoms with Crippen LogP contribution in [0.4, 0.5) is 0 Å². The Hall–Kier alpha value is -2.44. The first-order valence-corrected chi connectivity index (χ1v) is 6.38. The molecule has 1 aromatic heterocycles. The molecule has 112 valence electrons. The Bertz CT molecular complexity index is 700. The number of esters is 1. The number of aliphatic hydroxyl groups excluding tert-OH is 1. The topological polar surface area (TPSA) is 109 Å². The third kappa shape index (κ3) is 2.86.